The van der Waals surface area contributed by atoms with E-state index >= 15 is 0 Å². The number of hydrogen-bond donors (Lipinski definition) is 2. The minimum absolute atomic E-state index is 0.168. The highest BCUT2D eigenvalue weighted by Gasteiger charge is 2.07. The molecule has 2 aromatic rings. The van der Waals surface area contributed by atoms with Crippen LogP contribution in [0.15, 0.2) is 17.9 Å². The third-order valence-electron chi connectivity index (χ3n) is 1.89. The van der Waals surface area contributed by atoms with E-state index in [1.165, 1.54) is 6.33 Å². The Kier molecular flexibility index (Phi) is 2.85. The van der Waals surface area contributed by atoms with Crippen molar-refractivity contribution in [2.45, 2.75) is 19.5 Å². The van der Waals surface area contributed by atoms with Gasteiger partial charge in [0.15, 0.2) is 0 Å². The molecule has 0 radical (unpaired) electrons. The van der Waals surface area contributed by atoms with Gasteiger partial charge in [0.25, 0.3) is 0 Å². The fraction of sp³-hybridized carbons (Fsp3) is 0.375. The molecule has 1 unspecified atom stereocenters. The Morgan fingerprint density at radius 3 is 3.14 bits per heavy atom. The molecule has 0 aliphatic carbocycles. The number of rotatable bonds is 4. The third-order valence-corrected chi connectivity index (χ3v) is 2.67. The van der Waals surface area contributed by atoms with E-state index in [0.717, 1.165) is 17.4 Å². The van der Waals surface area contributed by atoms with Crippen molar-refractivity contribution in [1.82, 2.24) is 25.5 Å². The van der Waals surface area contributed by atoms with E-state index in [2.05, 4.69) is 25.5 Å². The minimum atomic E-state index is 0.168. The molecule has 2 rings (SSSR count). The van der Waals surface area contributed by atoms with E-state index in [-0.39, 0.29) is 6.04 Å². The Hall–Kier alpha value is -1.27. The van der Waals surface area contributed by atoms with E-state index in [4.69, 9.17) is 0 Å². The predicted molar refractivity (Wildman–Crippen MR) is 53.8 cm³/mol. The molecule has 5 nitrogen and oxygen atoms in total. The van der Waals surface area contributed by atoms with Crippen LogP contribution in [0.2, 0.25) is 0 Å². The molecule has 2 aromatic heterocycles. The van der Waals surface area contributed by atoms with Gasteiger partial charge in [-0.1, -0.05) is 0 Å². The molecule has 0 saturated carbocycles. The molecule has 1 atom stereocenters. The standard InChI is InChI=1S/C8H11N5S/c1-6(8-11-5-12-13-8)10-4-7-9-2-3-14-7/h2-3,5-6,10H,4H2,1H3,(H,11,12,13). The Labute approximate surface area is 85.6 Å². The summed E-state index contributed by atoms with van der Waals surface area (Å²) in [5.74, 6) is 0.849. The normalized spacial score (nSPS) is 12.9. The van der Waals surface area contributed by atoms with Gasteiger partial charge in [-0.3, -0.25) is 5.10 Å². The molecule has 0 saturated heterocycles. The molecule has 0 spiro atoms. The molecule has 2 heterocycles. The van der Waals surface area contributed by atoms with Crippen LogP contribution < -0.4 is 5.32 Å². The summed E-state index contributed by atoms with van der Waals surface area (Å²) in [6.07, 6.45) is 3.32. The van der Waals surface area contributed by atoms with Gasteiger partial charge in [0.05, 0.1) is 6.04 Å². The second-order valence-electron chi connectivity index (χ2n) is 2.90. The van der Waals surface area contributed by atoms with Gasteiger partial charge in [-0.15, -0.1) is 11.3 Å². The third kappa shape index (κ3) is 2.15. The molecule has 0 amide bonds. The number of thiazole rings is 1. The van der Waals surface area contributed by atoms with E-state index < -0.39 is 0 Å². The summed E-state index contributed by atoms with van der Waals surface area (Å²) in [6.45, 7) is 2.80. The van der Waals surface area contributed by atoms with Crippen molar-refractivity contribution in [3.63, 3.8) is 0 Å². The Morgan fingerprint density at radius 2 is 2.50 bits per heavy atom. The first kappa shape index (κ1) is 9.29. The molecular formula is C8H11N5S. The van der Waals surface area contributed by atoms with E-state index in [1.807, 2.05) is 12.3 Å². The lowest BCUT2D eigenvalue weighted by Crippen LogP contribution is -2.19. The highest BCUT2D eigenvalue weighted by molar-refractivity contribution is 7.09. The van der Waals surface area contributed by atoms with Crippen LogP contribution in [-0.2, 0) is 6.54 Å². The van der Waals surface area contributed by atoms with Crippen molar-refractivity contribution in [3.05, 3.63) is 28.7 Å². The Morgan fingerprint density at radius 1 is 1.57 bits per heavy atom. The van der Waals surface area contributed by atoms with Crippen molar-refractivity contribution in [1.29, 1.82) is 0 Å². The van der Waals surface area contributed by atoms with Gasteiger partial charge < -0.3 is 5.32 Å². The second-order valence-corrected chi connectivity index (χ2v) is 3.88. The van der Waals surface area contributed by atoms with Gasteiger partial charge in [-0.2, -0.15) is 5.10 Å². The summed E-state index contributed by atoms with van der Waals surface area (Å²) < 4.78 is 0. The zero-order valence-corrected chi connectivity index (χ0v) is 8.58. The molecule has 14 heavy (non-hydrogen) atoms. The summed E-state index contributed by atoms with van der Waals surface area (Å²) >= 11 is 1.64. The van der Waals surface area contributed by atoms with Gasteiger partial charge in [-0.05, 0) is 6.92 Å². The predicted octanol–water partition coefficient (Wildman–Crippen LogP) is 1.11. The van der Waals surface area contributed by atoms with Crippen molar-refractivity contribution in [3.8, 4) is 0 Å². The van der Waals surface area contributed by atoms with E-state index in [1.54, 1.807) is 17.5 Å². The SMILES string of the molecule is CC(NCc1nccs1)c1ncn[nH]1. The van der Waals surface area contributed by atoms with Gasteiger partial charge >= 0.3 is 0 Å². The van der Waals surface area contributed by atoms with Crippen LogP contribution in [0, 0.1) is 0 Å². The van der Waals surface area contributed by atoms with Crippen molar-refractivity contribution in [2.24, 2.45) is 0 Å². The van der Waals surface area contributed by atoms with Crippen LogP contribution in [0.5, 0.6) is 0 Å². The highest BCUT2D eigenvalue weighted by Crippen LogP contribution is 2.08. The van der Waals surface area contributed by atoms with Gasteiger partial charge in [0.1, 0.15) is 17.2 Å². The molecule has 0 fully saturated rings. The maximum atomic E-state index is 4.18. The van der Waals surface area contributed by atoms with Crippen LogP contribution >= 0.6 is 11.3 Å². The summed E-state index contributed by atoms with van der Waals surface area (Å²) in [4.78, 5) is 8.25. The summed E-state index contributed by atoms with van der Waals surface area (Å²) in [6, 6.07) is 0.168. The largest absolute Gasteiger partial charge is 0.301 e. The highest BCUT2D eigenvalue weighted by atomic mass is 32.1. The first-order chi connectivity index (χ1) is 6.86. The molecular weight excluding hydrogens is 198 g/mol. The molecule has 0 bridgehead atoms. The summed E-state index contributed by atoms with van der Waals surface area (Å²) in [5.41, 5.74) is 0. The summed E-state index contributed by atoms with van der Waals surface area (Å²) in [7, 11) is 0. The lowest BCUT2D eigenvalue weighted by Gasteiger charge is -2.08. The molecule has 74 valence electrons. The van der Waals surface area contributed by atoms with Crippen LogP contribution in [0.25, 0.3) is 0 Å². The lowest BCUT2D eigenvalue weighted by molar-refractivity contribution is 0.547. The maximum Gasteiger partial charge on any atom is 0.141 e. The van der Waals surface area contributed by atoms with Crippen LogP contribution in [0.3, 0.4) is 0 Å². The monoisotopic (exact) mass is 209 g/mol. The minimum Gasteiger partial charge on any atom is -0.301 e. The molecule has 2 N–H and O–H groups in total. The average molecular weight is 209 g/mol. The van der Waals surface area contributed by atoms with Gasteiger partial charge in [-0.25, -0.2) is 9.97 Å². The second kappa shape index (κ2) is 4.30. The number of aromatic amines is 1. The number of H-pyrrole nitrogens is 1. The number of hydrogen-bond acceptors (Lipinski definition) is 5. The zero-order chi connectivity index (χ0) is 9.80. The fourth-order valence-electron chi connectivity index (χ4n) is 1.10. The number of nitrogens with one attached hydrogen (secondary N) is 2. The van der Waals surface area contributed by atoms with Gasteiger partial charge in [0.2, 0.25) is 0 Å². The van der Waals surface area contributed by atoms with Crippen molar-refractivity contribution in [2.75, 3.05) is 0 Å². The summed E-state index contributed by atoms with van der Waals surface area (Å²) in [5, 5.41) is 13.0. The fourth-order valence-corrected chi connectivity index (χ4v) is 1.67. The zero-order valence-electron chi connectivity index (χ0n) is 7.77. The van der Waals surface area contributed by atoms with E-state index in [0.29, 0.717) is 0 Å². The smallest absolute Gasteiger partial charge is 0.141 e. The Balaban J connectivity index is 1.87. The van der Waals surface area contributed by atoms with Crippen molar-refractivity contribution < 1.29 is 0 Å². The molecule has 6 heteroatoms. The molecule has 0 aromatic carbocycles. The lowest BCUT2D eigenvalue weighted by atomic mass is 10.3. The molecule has 0 aliphatic rings. The van der Waals surface area contributed by atoms with Crippen LogP contribution in [0.4, 0.5) is 0 Å². The van der Waals surface area contributed by atoms with Crippen LogP contribution in [-0.4, -0.2) is 20.2 Å². The van der Waals surface area contributed by atoms with Gasteiger partial charge in [0, 0.05) is 18.1 Å². The first-order valence-corrected chi connectivity index (χ1v) is 5.21. The quantitative estimate of drug-likeness (QED) is 0.791. The molecule has 0 aliphatic heterocycles. The average Bonchev–Trinajstić information content (AvgIpc) is 2.87. The van der Waals surface area contributed by atoms with Crippen LogP contribution in [0.1, 0.15) is 23.8 Å². The number of aromatic nitrogens is 4. The topological polar surface area (TPSA) is 66.5 Å². The maximum absolute atomic E-state index is 4.18. The Bertz CT molecular complexity index is 355. The number of nitrogens with zero attached hydrogens (tertiary/aromatic N) is 3. The first-order valence-electron chi connectivity index (χ1n) is 4.33. The van der Waals surface area contributed by atoms with Crippen molar-refractivity contribution >= 4 is 11.3 Å². The van der Waals surface area contributed by atoms with E-state index in [9.17, 15) is 0 Å².